The molecule has 1 aromatic heterocycles. The third kappa shape index (κ3) is 4.29. The summed E-state index contributed by atoms with van der Waals surface area (Å²) in [4.78, 5) is 7.34. The molecule has 1 aliphatic rings. The average molecular weight is 454 g/mol. The van der Waals surface area contributed by atoms with E-state index in [0.29, 0.717) is 11.6 Å². The van der Waals surface area contributed by atoms with E-state index in [0.717, 1.165) is 46.0 Å². The van der Waals surface area contributed by atoms with Gasteiger partial charge in [0.15, 0.2) is 0 Å². The van der Waals surface area contributed by atoms with Gasteiger partial charge in [-0.15, -0.1) is 0 Å². The second-order valence-electron chi connectivity index (χ2n) is 6.16. The maximum absolute atomic E-state index is 5.81. The van der Waals surface area contributed by atoms with Gasteiger partial charge in [-0.05, 0) is 36.7 Å². The van der Waals surface area contributed by atoms with Crippen molar-refractivity contribution < 1.29 is 0 Å². The Balaban J connectivity index is 1.87. The van der Waals surface area contributed by atoms with Crippen molar-refractivity contribution in [3.8, 4) is 0 Å². The standard InChI is InChI=1S/C19H21ClIN3/c1-14(7-8-15(2)20)11-24-18-6-4-3-5-17(18)22-19(24)13-23-10-9-16(21)12-23/h3-8,16H,1-2,9-13H2/b8-7-. The number of fused-ring (bicyclic) bond motifs is 1. The highest BCUT2D eigenvalue weighted by Gasteiger charge is 2.22. The summed E-state index contributed by atoms with van der Waals surface area (Å²) in [6.07, 6.45) is 4.96. The summed E-state index contributed by atoms with van der Waals surface area (Å²) in [6.45, 7) is 11.7. The summed E-state index contributed by atoms with van der Waals surface area (Å²) in [6, 6.07) is 8.28. The van der Waals surface area contributed by atoms with Crippen LogP contribution < -0.4 is 0 Å². The van der Waals surface area contributed by atoms with Crippen molar-refractivity contribution in [1.82, 2.24) is 14.5 Å². The van der Waals surface area contributed by atoms with Gasteiger partial charge in [-0.1, -0.05) is 65.6 Å². The number of halogens is 2. The van der Waals surface area contributed by atoms with E-state index in [1.807, 2.05) is 12.1 Å². The molecule has 1 atom stereocenters. The van der Waals surface area contributed by atoms with Gasteiger partial charge >= 0.3 is 0 Å². The fraction of sp³-hybridized carbons (Fsp3) is 0.316. The van der Waals surface area contributed by atoms with Crippen molar-refractivity contribution in [2.24, 2.45) is 0 Å². The summed E-state index contributed by atoms with van der Waals surface area (Å²) in [5.74, 6) is 1.10. The minimum absolute atomic E-state index is 0.511. The Morgan fingerprint density at radius 2 is 2.12 bits per heavy atom. The van der Waals surface area contributed by atoms with E-state index in [9.17, 15) is 0 Å². The number of hydrogen-bond acceptors (Lipinski definition) is 2. The summed E-state index contributed by atoms with van der Waals surface area (Å²) in [5.41, 5.74) is 3.17. The summed E-state index contributed by atoms with van der Waals surface area (Å²) in [7, 11) is 0. The van der Waals surface area contributed by atoms with Crippen LogP contribution in [0.3, 0.4) is 0 Å². The fourth-order valence-corrected chi connectivity index (χ4v) is 3.91. The molecule has 1 saturated heterocycles. The molecule has 5 heteroatoms. The van der Waals surface area contributed by atoms with E-state index >= 15 is 0 Å². The molecule has 0 aliphatic carbocycles. The summed E-state index contributed by atoms with van der Waals surface area (Å²) in [5, 5.41) is 0.511. The molecule has 0 N–H and O–H groups in total. The Hall–Kier alpha value is -1.11. The molecule has 0 bridgehead atoms. The van der Waals surface area contributed by atoms with Gasteiger partial charge in [0, 0.05) is 22.0 Å². The van der Waals surface area contributed by atoms with E-state index in [-0.39, 0.29) is 0 Å². The molecule has 126 valence electrons. The van der Waals surface area contributed by atoms with E-state index in [2.05, 4.69) is 63.4 Å². The predicted octanol–water partition coefficient (Wildman–Crippen LogP) is 4.91. The lowest BCUT2D eigenvalue weighted by atomic mass is 10.2. The highest BCUT2D eigenvalue weighted by atomic mass is 127. The molecule has 0 spiro atoms. The first-order valence-electron chi connectivity index (χ1n) is 8.04. The highest BCUT2D eigenvalue weighted by Crippen LogP contribution is 2.23. The lowest BCUT2D eigenvalue weighted by Gasteiger charge is -2.16. The van der Waals surface area contributed by atoms with Gasteiger partial charge < -0.3 is 4.57 Å². The third-order valence-corrected chi connectivity index (χ3v) is 5.32. The van der Waals surface area contributed by atoms with Crippen LogP contribution in [0.25, 0.3) is 11.0 Å². The molecular formula is C19H21ClIN3. The van der Waals surface area contributed by atoms with Gasteiger partial charge in [0.05, 0.1) is 17.6 Å². The monoisotopic (exact) mass is 453 g/mol. The number of aromatic nitrogens is 2. The Labute approximate surface area is 161 Å². The SMILES string of the molecule is C=C(Cl)/C=C\C(=C)Cn1c(CN2CCC(I)C2)nc2ccccc21. The zero-order valence-corrected chi connectivity index (χ0v) is 16.5. The number of nitrogens with zero attached hydrogens (tertiary/aromatic N) is 3. The Morgan fingerprint density at radius 1 is 1.33 bits per heavy atom. The molecule has 2 aromatic rings. The lowest BCUT2D eigenvalue weighted by Crippen LogP contribution is -2.22. The molecule has 3 rings (SSSR count). The number of allylic oxidation sites excluding steroid dienone is 4. The van der Waals surface area contributed by atoms with Crippen LogP contribution in [0.2, 0.25) is 0 Å². The Bertz CT molecular complexity index is 793. The molecule has 3 nitrogen and oxygen atoms in total. The fourth-order valence-electron chi connectivity index (χ4n) is 3.02. The highest BCUT2D eigenvalue weighted by molar-refractivity contribution is 14.1. The lowest BCUT2D eigenvalue weighted by molar-refractivity contribution is 0.320. The Morgan fingerprint density at radius 3 is 2.83 bits per heavy atom. The molecule has 1 unspecified atom stereocenters. The topological polar surface area (TPSA) is 21.1 Å². The van der Waals surface area contributed by atoms with Gasteiger partial charge in [-0.3, -0.25) is 4.90 Å². The van der Waals surface area contributed by atoms with Crippen molar-refractivity contribution in [1.29, 1.82) is 0 Å². The van der Waals surface area contributed by atoms with Crippen molar-refractivity contribution in [2.45, 2.75) is 23.4 Å². The van der Waals surface area contributed by atoms with Crippen molar-refractivity contribution in [3.63, 3.8) is 0 Å². The number of likely N-dealkylation sites (tertiary alicyclic amines) is 1. The average Bonchev–Trinajstić information content (AvgIpc) is 3.10. The maximum Gasteiger partial charge on any atom is 0.124 e. The van der Waals surface area contributed by atoms with Crippen LogP contribution in [0, 0.1) is 0 Å². The smallest absolute Gasteiger partial charge is 0.124 e. The summed E-state index contributed by atoms with van der Waals surface area (Å²) < 4.78 is 3.01. The van der Waals surface area contributed by atoms with Gasteiger partial charge in [-0.25, -0.2) is 4.98 Å². The molecule has 24 heavy (non-hydrogen) atoms. The van der Waals surface area contributed by atoms with Gasteiger partial charge in [-0.2, -0.15) is 0 Å². The first-order valence-corrected chi connectivity index (χ1v) is 9.66. The van der Waals surface area contributed by atoms with Crippen LogP contribution in [0.5, 0.6) is 0 Å². The second kappa shape index (κ2) is 7.85. The van der Waals surface area contributed by atoms with Crippen LogP contribution in [0.4, 0.5) is 0 Å². The molecular weight excluding hydrogens is 433 g/mol. The minimum atomic E-state index is 0.511. The number of alkyl halides is 1. The molecule has 2 heterocycles. The number of rotatable bonds is 6. The zero-order chi connectivity index (χ0) is 17.1. The summed E-state index contributed by atoms with van der Waals surface area (Å²) >= 11 is 8.35. The second-order valence-corrected chi connectivity index (χ2v) is 8.41. The molecule has 0 radical (unpaired) electrons. The van der Waals surface area contributed by atoms with Gasteiger partial charge in [0.25, 0.3) is 0 Å². The first kappa shape index (κ1) is 17.7. The number of imidazole rings is 1. The Kier molecular flexibility index (Phi) is 5.79. The minimum Gasteiger partial charge on any atom is -0.322 e. The normalized spacial score (nSPS) is 18.7. The number of para-hydroxylation sites is 2. The molecule has 0 amide bonds. The quantitative estimate of drug-likeness (QED) is 0.352. The van der Waals surface area contributed by atoms with Crippen molar-refractivity contribution >= 4 is 45.2 Å². The number of benzene rings is 1. The van der Waals surface area contributed by atoms with Crippen LogP contribution in [0.15, 0.2) is 60.2 Å². The molecule has 0 saturated carbocycles. The zero-order valence-electron chi connectivity index (χ0n) is 13.6. The van der Waals surface area contributed by atoms with E-state index in [1.165, 1.54) is 6.42 Å². The van der Waals surface area contributed by atoms with Crippen LogP contribution in [-0.4, -0.2) is 31.5 Å². The van der Waals surface area contributed by atoms with Gasteiger partial charge in [0.1, 0.15) is 5.82 Å². The third-order valence-electron chi connectivity index (χ3n) is 4.17. The largest absolute Gasteiger partial charge is 0.322 e. The first-order chi connectivity index (χ1) is 11.5. The van der Waals surface area contributed by atoms with Crippen molar-refractivity contribution in [3.05, 3.63) is 66.0 Å². The number of hydrogen-bond donors (Lipinski definition) is 0. The van der Waals surface area contributed by atoms with Crippen molar-refractivity contribution in [2.75, 3.05) is 13.1 Å². The molecule has 1 fully saturated rings. The van der Waals surface area contributed by atoms with Crippen LogP contribution in [0.1, 0.15) is 12.2 Å². The van der Waals surface area contributed by atoms with Crippen LogP contribution >= 0.6 is 34.2 Å². The van der Waals surface area contributed by atoms with E-state index in [1.54, 1.807) is 6.08 Å². The van der Waals surface area contributed by atoms with E-state index in [4.69, 9.17) is 16.6 Å². The van der Waals surface area contributed by atoms with E-state index < -0.39 is 0 Å². The predicted molar refractivity (Wildman–Crippen MR) is 111 cm³/mol. The molecule has 1 aromatic carbocycles. The van der Waals surface area contributed by atoms with Crippen LogP contribution in [-0.2, 0) is 13.1 Å². The maximum atomic E-state index is 5.81. The van der Waals surface area contributed by atoms with Gasteiger partial charge in [0.2, 0.25) is 0 Å². The molecule has 1 aliphatic heterocycles.